The molecule has 0 aliphatic carbocycles. The number of hydrogen-bond donors (Lipinski definition) is 1. The second-order valence-electron chi connectivity index (χ2n) is 11.2. The monoisotopic (exact) mass is 507 g/mol. The molecule has 2 aromatic carbocycles. The van der Waals surface area contributed by atoms with Crippen LogP contribution >= 0.6 is 0 Å². The molecule has 0 aromatic heterocycles. The predicted octanol–water partition coefficient (Wildman–Crippen LogP) is 4.61. The number of fused-ring (bicyclic) bond motifs is 3. The van der Waals surface area contributed by atoms with Crippen molar-refractivity contribution in [1.29, 1.82) is 0 Å². The minimum atomic E-state index is -0.00620. The van der Waals surface area contributed by atoms with Gasteiger partial charge in [0, 0.05) is 38.2 Å². The molecule has 4 rings (SSSR count). The largest absolute Gasteiger partial charge is 0.491 e. The summed E-state index contributed by atoms with van der Waals surface area (Å²) < 4.78 is 12.0. The molecular weight excluding hydrogens is 462 g/mol. The van der Waals surface area contributed by atoms with Crippen molar-refractivity contribution in [2.75, 3.05) is 59.6 Å². The third-order valence-electron chi connectivity index (χ3n) is 7.45. The first kappa shape index (κ1) is 27.6. The van der Waals surface area contributed by atoms with Crippen molar-refractivity contribution in [1.82, 2.24) is 15.1 Å². The molecule has 2 aliphatic rings. The van der Waals surface area contributed by atoms with Crippen LogP contribution in [0.3, 0.4) is 0 Å². The van der Waals surface area contributed by atoms with Crippen LogP contribution in [0.4, 0.5) is 0 Å². The fourth-order valence-corrected chi connectivity index (χ4v) is 5.31. The van der Waals surface area contributed by atoms with E-state index in [4.69, 9.17) is 9.47 Å². The van der Waals surface area contributed by atoms with Gasteiger partial charge in [0.25, 0.3) is 5.91 Å². The zero-order chi connectivity index (χ0) is 26.0. The normalized spacial score (nSPS) is 20.1. The lowest BCUT2D eigenvalue weighted by atomic mass is 9.98. The Bertz CT molecular complexity index is 1010. The van der Waals surface area contributed by atoms with Crippen molar-refractivity contribution in [3.05, 3.63) is 64.7 Å². The SMILES string of the molecule is CC(C)CCN1CCOCCOc2ccc(C(=O)NCC3CCCN(C)C3)cc2Cc2cccc(c2)C1. The zero-order valence-corrected chi connectivity index (χ0v) is 23.0. The summed E-state index contributed by atoms with van der Waals surface area (Å²) in [5, 5.41) is 3.18. The van der Waals surface area contributed by atoms with E-state index in [0.29, 0.717) is 37.2 Å². The molecule has 37 heavy (non-hydrogen) atoms. The predicted molar refractivity (Wildman–Crippen MR) is 149 cm³/mol. The molecule has 1 amide bonds. The molecule has 1 unspecified atom stereocenters. The highest BCUT2D eigenvalue weighted by Crippen LogP contribution is 2.25. The van der Waals surface area contributed by atoms with Crippen LogP contribution in [0.15, 0.2) is 42.5 Å². The Balaban J connectivity index is 1.48. The molecule has 1 fully saturated rings. The number of carbonyl (C=O) groups excluding carboxylic acids is 1. The Morgan fingerprint density at radius 2 is 1.95 bits per heavy atom. The summed E-state index contributed by atoms with van der Waals surface area (Å²) in [5.74, 6) is 2.02. The van der Waals surface area contributed by atoms with Crippen molar-refractivity contribution < 1.29 is 14.3 Å². The number of benzene rings is 2. The fourth-order valence-electron chi connectivity index (χ4n) is 5.31. The van der Waals surface area contributed by atoms with E-state index in [2.05, 4.69) is 60.3 Å². The van der Waals surface area contributed by atoms with Gasteiger partial charge in [0.05, 0.1) is 13.2 Å². The maximum atomic E-state index is 13.0. The summed E-state index contributed by atoms with van der Waals surface area (Å²) in [6, 6.07) is 14.7. The van der Waals surface area contributed by atoms with Gasteiger partial charge in [-0.25, -0.2) is 0 Å². The smallest absolute Gasteiger partial charge is 0.251 e. The first-order valence-electron chi connectivity index (χ1n) is 14.1. The minimum Gasteiger partial charge on any atom is -0.491 e. The van der Waals surface area contributed by atoms with Crippen LogP contribution in [0, 0.1) is 11.8 Å². The van der Waals surface area contributed by atoms with Gasteiger partial charge >= 0.3 is 0 Å². The summed E-state index contributed by atoms with van der Waals surface area (Å²) >= 11 is 0. The van der Waals surface area contributed by atoms with Crippen LogP contribution in [0.1, 0.15) is 60.2 Å². The molecule has 2 aromatic rings. The molecule has 202 valence electrons. The number of piperidine rings is 1. The van der Waals surface area contributed by atoms with E-state index in [1.54, 1.807) is 0 Å². The number of rotatable bonds is 6. The zero-order valence-electron chi connectivity index (χ0n) is 23.0. The molecule has 2 aliphatic heterocycles. The fraction of sp³-hybridized carbons (Fsp3) is 0.581. The minimum absolute atomic E-state index is 0.00620. The van der Waals surface area contributed by atoms with Crippen molar-refractivity contribution in [2.24, 2.45) is 11.8 Å². The van der Waals surface area contributed by atoms with Crippen LogP contribution in [-0.4, -0.2) is 75.3 Å². The van der Waals surface area contributed by atoms with E-state index in [0.717, 1.165) is 57.0 Å². The summed E-state index contributed by atoms with van der Waals surface area (Å²) in [6.07, 6.45) is 4.28. The quantitative estimate of drug-likeness (QED) is 0.619. The summed E-state index contributed by atoms with van der Waals surface area (Å²) in [7, 11) is 2.16. The van der Waals surface area contributed by atoms with Crippen molar-refractivity contribution >= 4 is 5.91 Å². The average molecular weight is 508 g/mol. The van der Waals surface area contributed by atoms with Crippen molar-refractivity contribution in [2.45, 2.75) is 46.1 Å². The molecule has 1 atom stereocenters. The Labute approximate surface area is 223 Å². The lowest BCUT2D eigenvalue weighted by Gasteiger charge is -2.29. The molecular formula is C31H45N3O3. The first-order valence-corrected chi connectivity index (χ1v) is 14.1. The molecule has 0 spiro atoms. The van der Waals surface area contributed by atoms with Gasteiger partial charge in [0.1, 0.15) is 12.4 Å². The Hall–Kier alpha value is -2.41. The van der Waals surface area contributed by atoms with Crippen molar-refractivity contribution in [3.8, 4) is 5.75 Å². The topological polar surface area (TPSA) is 54.0 Å². The maximum absolute atomic E-state index is 13.0. The molecule has 2 heterocycles. The van der Waals surface area contributed by atoms with Gasteiger partial charge in [0.2, 0.25) is 0 Å². The Morgan fingerprint density at radius 1 is 1.08 bits per heavy atom. The van der Waals surface area contributed by atoms with E-state index in [9.17, 15) is 4.79 Å². The van der Waals surface area contributed by atoms with E-state index in [1.165, 1.54) is 30.4 Å². The molecule has 2 bridgehead atoms. The van der Waals surface area contributed by atoms with Gasteiger partial charge in [0.15, 0.2) is 0 Å². The van der Waals surface area contributed by atoms with E-state index in [1.807, 2.05) is 18.2 Å². The number of ether oxygens (including phenoxy) is 2. The number of carbonyl (C=O) groups is 1. The van der Waals surface area contributed by atoms with E-state index in [-0.39, 0.29) is 5.91 Å². The van der Waals surface area contributed by atoms with Gasteiger partial charge in [-0.2, -0.15) is 0 Å². The lowest BCUT2D eigenvalue weighted by Crippen LogP contribution is -2.39. The third-order valence-corrected chi connectivity index (χ3v) is 7.45. The number of hydrogen-bond acceptors (Lipinski definition) is 5. The second kappa shape index (κ2) is 13.9. The van der Waals surface area contributed by atoms with Gasteiger partial charge in [-0.3, -0.25) is 9.69 Å². The summed E-state index contributed by atoms with van der Waals surface area (Å²) in [5.41, 5.74) is 4.28. The summed E-state index contributed by atoms with van der Waals surface area (Å²) in [4.78, 5) is 17.9. The first-order chi connectivity index (χ1) is 18.0. The van der Waals surface area contributed by atoms with Gasteiger partial charge < -0.3 is 19.7 Å². The molecule has 6 nitrogen and oxygen atoms in total. The highest BCUT2D eigenvalue weighted by atomic mass is 16.5. The summed E-state index contributed by atoms with van der Waals surface area (Å²) in [6.45, 7) is 12.1. The Morgan fingerprint density at radius 3 is 2.78 bits per heavy atom. The third kappa shape index (κ3) is 8.84. The maximum Gasteiger partial charge on any atom is 0.251 e. The number of nitrogens with zero attached hydrogens (tertiary/aromatic N) is 2. The highest BCUT2D eigenvalue weighted by Gasteiger charge is 2.19. The molecule has 0 radical (unpaired) electrons. The van der Waals surface area contributed by atoms with Crippen LogP contribution in [0.25, 0.3) is 0 Å². The van der Waals surface area contributed by atoms with Crippen LogP contribution in [-0.2, 0) is 17.7 Å². The number of amides is 1. The van der Waals surface area contributed by atoms with E-state index >= 15 is 0 Å². The lowest BCUT2D eigenvalue weighted by molar-refractivity contribution is 0.0764. The molecule has 1 N–H and O–H groups in total. The second-order valence-corrected chi connectivity index (χ2v) is 11.2. The van der Waals surface area contributed by atoms with Crippen LogP contribution in [0.2, 0.25) is 0 Å². The highest BCUT2D eigenvalue weighted by molar-refractivity contribution is 5.94. The number of nitrogens with one attached hydrogen (secondary N) is 1. The van der Waals surface area contributed by atoms with E-state index < -0.39 is 0 Å². The van der Waals surface area contributed by atoms with Gasteiger partial charge in [-0.1, -0.05) is 38.1 Å². The van der Waals surface area contributed by atoms with Gasteiger partial charge in [-0.05, 0) is 86.1 Å². The molecule has 0 saturated carbocycles. The van der Waals surface area contributed by atoms with Crippen molar-refractivity contribution in [3.63, 3.8) is 0 Å². The molecule has 1 saturated heterocycles. The van der Waals surface area contributed by atoms with Crippen LogP contribution in [0.5, 0.6) is 5.75 Å². The Kier molecular flexibility index (Phi) is 10.4. The van der Waals surface area contributed by atoms with Crippen LogP contribution < -0.4 is 10.1 Å². The molecule has 6 heteroatoms. The number of likely N-dealkylation sites (tertiary alicyclic amines) is 1. The average Bonchev–Trinajstić information content (AvgIpc) is 2.88. The van der Waals surface area contributed by atoms with Gasteiger partial charge in [-0.15, -0.1) is 0 Å². The standard InChI is InChI=1S/C31H45N3O3/c1-24(2)11-13-34-14-15-36-16-17-37-30-10-9-28(31(35)32-21-27-8-5-12-33(3)22-27)20-29(30)19-25-6-4-7-26(18-25)23-34/h4,6-7,9-10,18,20,24,27H,5,8,11-17,19,21-23H2,1-3H3,(H,32,35).